The summed E-state index contributed by atoms with van der Waals surface area (Å²) in [5, 5.41) is 0. The fourth-order valence-electron chi connectivity index (χ4n) is 3.11. The van der Waals surface area contributed by atoms with Gasteiger partial charge in [0.25, 0.3) is 20.2 Å². The zero-order chi connectivity index (χ0) is 21.2. The summed E-state index contributed by atoms with van der Waals surface area (Å²) in [6.45, 7) is 1.52. The molecule has 1 saturated heterocycles. The second kappa shape index (κ2) is 8.66. The van der Waals surface area contributed by atoms with Crippen LogP contribution in [-0.4, -0.2) is 79.1 Å². The second-order valence-corrected chi connectivity index (χ2v) is 9.99. The van der Waals surface area contributed by atoms with Gasteiger partial charge < -0.3 is 14.2 Å². The van der Waals surface area contributed by atoms with Crippen molar-refractivity contribution in [1.29, 1.82) is 0 Å². The van der Waals surface area contributed by atoms with Crippen molar-refractivity contribution in [2.75, 3.05) is 25.7 Å². The molecule has 0 amide bonds. The monoisotopic (exact) mass is 449 g/mol. The summed E-state index contributed by atoms with van der Waals surface area (Å²) >= 11 is 0. The molecule has 5 atom stereocenters. The summed E-state index contributed by atoms with van der Waals surface area (Å²) in [4.78, 5) is 4.45. The quantitative estimate of drug-likeness (QED) is 0.539. The van der Waals surface area contributed by atoms with Gasteiger partial charge in [-0.05, 0) is 19.1 Å². The summed E-state index contributed by atoms with van der Waals surface area (Å²) in [6.07, 6.45) is -2.29. The summed E-state index contributed by atoms with van der Waals surface area (Å²) < 4.78 is 74.1. The molecule has 1 aromatic rings. The maximum atomic E-state index is 11.9. The molecule has 10 nitrogen and oxygen atoms in total. The molecule has 2 aliphatic rings. The SMILES string of the molecule is C[C@@H]1OC[C@@H](OS(C)(=O)=O)[C@H]([C@H](OS(C)(=O)=O)[C@@H]2COC(c3ccccc3)=N2)O1. The minimum Gasteiger partial charge on any atom is -0.475 e. The van der Waals surface area contributed by atoms with Crippen LogP contribution < -0.4 is 0 Å². The maximum Gasteiger partial charge on any atom is 0.264 e. The van der Waals surface area contributed by atoms with Gasteiger partial charge >= 0.3 is 0 Å². The van der Waals surface area contributed by atoms with Crippen LogP contribution in [0.15, 0.2) is 35.3 Å². The van der Waals surface area contributed by atoms with E-state index in [-0.39, 0.29) is 13.2 Å². The highest BCUT2D eigenvalue weighted by molar-refractivity contribution is 7.86. The first-order valence-electron chi connectivity index (χ1n) is 8.81. The predicted octanol–water partition coefficient (Wildman–Crippen LogP) is 0.283. The fraction of sp³-hybridized carbons (Fsp3) is 0.588. The predicted molar refractivity (Wildman–Crippen MR) is 102 cm³/mol. The van der Waals surface area contributed by atoms with Gasteiger partial charge in [-0.2, -0.15) is 16.8 Å². The molecule has 1 aromatic carbocycles. The van der Waals surface area contributed by atoms with E-state index in [9.17, 15) is 16.8 Å². The number of hydrogen-bond donors (Lipinski definition) is 0. The highest BCUT2D eigenvalue weighted by Crippen LogP contribution is 2.28. The molecule has 0 aliphatic carbocycles. The number of hydrogen-bond acceptors (Lipinski definition) is 10. The summed E-state index contributed by atoms with van der Waals surface area (Å²) in [5.74, 6) is 0.332. The Morgan fingerprint density at radius 2 is 1.76 bits per heavy atom. The molecule has 29 heavy (non-hydrogen) atoms. The average Bonchev–Trinajstić information content (AvgIpc) is 3.10. The Morgan fingerprint density at radius 3 is 2.38 bits per heavy atom. The zero-order valence-corrected chi connectivity index (χ0v) is 17.8. The van der Waals surface area contributed by atoms with Crippen molar-refractivity contribution in [2.24, 2.45) is 4.99 Å². The molecule has 0 saturated carbocycles. The van der Waals surface area contributed by atoms with E-state index in [0.717, 1.165) is 18.1 Å². The van der Waals surface area contributed by atoms with Gasteiger partial charge in [0, 0.05) is 5.56 Å². The average molecular weight is 450 g/mol. The molecule has 3 rings (SSSR count). The fourth-order valence-corrected chi connectivity index (χ4v) is 4.36. The van der Waals surface area contributed by atoms with E-state index in [1.54, 1.807) is 19.1 Å². The Labute approximate surface area is 170 Å². The Morgan fingerprint density at radius 1 is 1.07 bits per heavy atom. The van der Waals surface area contributed by atoms with Crippen molar-refractivity contribution >= 4 is 26.1 Å². The molecule has 0 aromatic heterocycles. The number of rotatable bonds is 7. The first-order valence-corrected chi connectivity index (χ1v) is 12.4. The Kier molecular flexibility index (Phi) is 6.61. The molecule has 0 radical (unpaired) electrons. The highest BCUT2D eigenvalue weighted by atomic mass is 32.2. The third kappa shape index (κ3) is 6.20. The van der Waals surface area contributed by atoms with E-state index in [1.807, 2.05) is 18.2 Å². The lowest BCUT2D eigenvalue weighted by Gasteiger charge is -2.38. The van der Waals surface area contributed by atoms with Crippen molar-refractivity contribution in [3.63, 3.8) is 0 Å². The van der Waals surface area contributed by atoms with Gasteiger partial charge in [0.15, 0.2) is 6.29 Å². The van der Waals surface area contributed by atoms with Crippen LogP contribution in [-0.2, 0) is 42.8 Å². The van der Waals surface area contributed by atoms with Gasteiger partial charge in [-0.3, -0.25) is 8.37 Å². The molecule has 1 fully saturated rings. The van der Waals surface area contributed by atoms with Crippen molar-refractivity contribution in [3.8, 4) is 0 Å². The van der Waals surface area contributed by atoms with Gasteiger partial charge in [0.1, 0.15) is 31.0 Å². The molecule has 162 valence electrons. The summed E-state index contributed by atoms with van der Waals surface area (Å²) in [6, 6.07) is 8.32. The van der Waals surface area contributed by atoms with Crippen molar-refractivity contribution in [1.82, 2.24) is 0 Å². The molecule has 2 heterocycles. The second-order valence-electron chi connectivity index (χ2n) is 6.78. The number of nitrogens with zero attached hydrogens (tertiary/aromatic N) is 1. The normalized spacial score (nSPS) is 29.1. The maximum absolute atomic E-state index is 11.9. The van der Waals surface area contributed by atoms with E-state index in [4.69, 9.17) is 22.6 Å². The molecule has 0 unspecified atom stereocenters. The van der Waals surface area contributed by atoms with Crippen molar-refractivity contribution < 1.29 is 39.4 Å². The lowest BCUT2D eigenvalue weighted by atomic mass is 10.0. The van der Waals surface area contributed by atoms with Crippen LogP contribution in [0.2, 0.25) is 0 Å². The third-order valence-electron chi connectivity index (χ3n) is 4.19. The van der Waals surface area contributed by atoms with E-state index >= 15 is 0 Å². The highest BCUT2D eigenvalue weighted by Gasteiger charge is 2.46. The smallest absolute Gasteiger partial charge is 0.264 e. The lowest BCUT2D eigenvalue weighted by molar-refractivity contribution is -0.256. The van der Waals surface area contributed by atoms with Crippen LogP contribution in [0.25, 0.3) is 0 Å². The number of aliphatic imine (C=N–C) groups is 1. The van der Waals surface area contributed by atoms with Crippen LogP contribution in [0.4, 0.5) is 0 Å². The van der Waals surface area contributed by atoms with Crippen LogP contribution in [0, 0.1) is 0 Å². The summed E-state index contributed by atoms with van der Waals surface area (Å²) in [5.41, 5.74) is 0.721. The Balaban J connectivity index is 1.92. The van der Waals surface area contributed by atoms with E-state index in [2.05, 4.69) is 4.99 Å². The molecular weight excluding hydrogens is 426 g/mol. The molecule has 0 spiro atoms. The van der Waals surface area contributed by atoms with E-state index in [1.165, 1.54) is 0 Å². The summed E-state index contributed by atoms with van der Waals surface area (Å²) in [7, 11) is -7.79. The zero-order valence-electron chi connectivity index (χ0n) is 16.1. The molecule has 2 aliphatic heterocycles. The number of benzene rings is 1. The molecule has 12 heteroatoms. The first kappa shape index (κ1) is 22.1. The van der Waals surface area contributed by atoms with Crippen molar-refractivity contribution in [3.05, 3.63) is 35.9 Å². The van der Waals surface area contributed by atoms with Crippen LogP contribution in [0.3, 0.4) is 0 Å². The minimum absolute atomic E-state index is 0.0328. The molecule has 0 bridgehead atoms. The van der Waals surface area contributed by atoms with E-state index < -0.39 is 50.9 Å². The largest absolute Gasteiger partial charge is 0.475 e. The van der Waals surface area contributed by atoms with Crippen LogP contribution in [0.5, 0.6) is 0 Å². The van der Waals surface area contributed by atoms with Gasteiger partial charge in [-0.15, -0.1) is 0 Å². The van der Waals surface area contributed by atoms with Gasteiger partial charge in [0.2, 0.25) is 5.90 Å². The van der Waals surface area contributed by atoms with Crippen LogP contribution in [0.1, 0.15) is 12.5 Å². The van der Waals surface area contributed by atoms with E-state index in [0.29, 0.717) is 5.90 Å². The van der Waals surface area contributed by atoms with Crippen molar-refractivity contribution in [2.45, 2.75) is 37.6 Å². The van der Waals surface area contributed by atoms with Gasteiger partial charge in [-0.25, -0.2) is 4.99 Å². The van der Waals surface area contributed by atoms with Gasteiger partial charge in [-0.1, -0.05) is 18.2 Å². The minimum atomic E-state index is -3.93. The van der Waals surface area contributed by atoms with Gasteiger partial charge in [0.05, 0.1) is 19.1 Å². The molecular formula is C17H23NO9S2. The standard InChI is InChI=1S/C17H23NO9S2/c1-11-23-10-14(26-28(2,19)20)16(25-11)15(27-29(3,21)22)13-9-24-17(18-13)12-7-5-4-6-8-12/h4-8,11,13-16H,9-10H2,1-3H3/t11-,13+,14-,15-,16-/m1/s1. The topological polar surface area (TPSA) is 127 Å². The lowest BCUT2D eigenvalue weighted by Crippen LogP contribution is -2.55. The number of ether oxygens (including phenoxy) is 3. The Bertz CT molecular complexity index is 946. The third-order valence-corrected chi connectivity index (χ3v) is 5.36. The Hall–Kier alpha value is -1.57. The van der Waals surface area contributed by atoms with Crippen LogP contribution >= 0.6 is 0 Å². The first-order chi connectivity index (χ1) is 13.5. The molecule has 0 N–H and O–H groups in total.